The number of para-hydroxylation sites is 1. The Kier molecular flexibility index (Phi) is 4.16. The van der Waals surface area contributed by atoms with Gasteiger partial charge in [0.25, 0.3) is 5.91 Å². The molecule has 2 fully saturated rings. The molecule has 34 heavy (non-hydrogen) atoms. The van der Waals surface area contributed by atoms with E-state index < -0.39 is 11.7 Å². The summed E-state index contributed by atoms with van der Waals surface area (Å²) in [5, 5.41) is 2.75. The number of ether oxygens (including phenoxy) is 1. The number of benzene rings is 3. The Morgan fingerprint density at radius 1 is 0.941 bits per heavy atom. The first kappa shape index (κ1) is 20.0. The molecule has 2 unspecified atom stereocenters. The molecular weight excluding hydrogens is 426 g/mol. The minimum Gasteiger partial charge on any atom is -0.426 e. The molecule has 0 aromatic heterocycles. The minimum absolute atomic E-state index is 0.0945. The molecule has 2 saturated heterocycles. The number of carbonyl (C=O) groups excluding carboxylic acids is 2. The smallest absolute Gasteiger partial charge is 0.411 e. The fourth-order valence-electron chi connectivity index (χ4n) is 6.71. The van der Waals surface area contributed by atoms with Crippen molar-refractivity contribution in [3.05, 3.63) is 77.4 Å². The monoisotopic (exact) mass is 453 g/mol. The van der Waals surface area contributed by atoms with E-state index >= 15 is 0 Å². The third-order valence-electron chi connectivity index (χ3n) is 8.30. The first-order valence-corrected chi connectivity index (χ1v) is 12.2. The van der Waals surface area contributed by atoms with E-state index in [9.17, 15) is 9.59 Å². The third-order valence-corrected chi connectivity index (χ3v) is 8.30. The van der Waals surface area contributed by atoms with E-state index in [-0.39, 0.29) is 18.5 Å². The lowest BCUT2D eigenvalue weighted by atomic mass is 9.95. The number of piperidine rings is 1. The van der Waals surface area contributed by atoms with Gasteiger partial charge in [0, 0.05) is 37.8 Å². The van der Waals surface area contributed by atoms with E-state index in [0.717, 1.165) is 43.6 Å². The summed E-state index contributed by atoms with van der Waals surface area (Å²) < 4.78 is 5.74. The normalized spacial score (nSPS) is 26.7. The maximum atomic E-state index is 13.8. The standard InChI is InChI=1S/C28H27N3O3/c1-29-17-28(34-27(29)33)22-10-2-3-11-23(22)31(26(28)32)20-12-14-30(15-13-20)24-16-19-8-4-6-18-7-5-9-21(24)25(18)19/h2-11,20,24H,12-17H2,1H3. The number of hydrogen-bond acceptors (Lipinski definition) is 4. The van der Waals surface area contributed by atoms with Crippen LogP contribution in [0.1, 0.15) is 35.6 Å². The predicted octanol–water partition coefficient (Wildman–Crippen LogP) is 4.23. The van der Waals surface area contributed by atoms with Crippen molar-refractivity contribution in [3.8, 4) is 0 Å². The van der Waals surface area contributed by atoms with Crippen LogP contribution in [-0.4, -0.2) is 54.5 Å². The number of likely N-dealkylation sites (tertiary alicyclic amines) is 1. The van der Waals surface area contributed by atoms with Crippen molar-refractivity contribution in [2.75, 3.05) is 31.6 Å². The second-order valence-corrected chi connectivity index (χ2v) is 10.1. The van der Waals surface area contributed by atoms with Crippen LogP contribution in [-0.2, 0) is 21.6 Å². The lowest BCUT2D eigenvalue weighted by Gasteiger charge is -2.40. The Morgan fingerprint density at radius 3 is 2.47 bits per heavy atom. The molecule has 3 aromatic carbocycles. The Hall–Kier alpha value is -3.38. The molecule has 6 heteroatoms. The van der Waals surface area contributed by atoms with Gasteiger partial charge in [-0.3, -0.25) is 9.69 Å². The van der Waals surface area contributed by atoms with Crippen molar-refractivity contribution >= 4 is 28.5 Å². The van der Waals surface area contributed by atoms with Crippen LogP contribution in [0.2, 0.25) is 0 Å². The summed E-state index contributed by atoms with van der Waals surface area (Å²) in [4.78, 5) is 32.1. The highest BCUT2D eigenvalue weighted by atomic mass is 16.6. The Bertz CT molecular complexity index is 1340. The summed E-state index contributed by atoms with van der Waals surface area (Å²) in [6, 6.07) is 21.6. The van der Waals surface area contributed by atoms with Gasteiger partial charge in [-0.2, -0.15) is 0 Å². The lowest BCUT2D eigenvalue weighted by Crippen LogP contribution is -2.51. The van der Waals surface area contributed by atoms with E-state index in [1.165, 1.54) is 26.8 Å². The second kappa shape index (κ2) is 7.06. The van der Waals surface area contributed by atoms with Gasteiger partial charge in [0.05, 0.1) is 12.2 Å². The summed E-state index contributed by atoms with van der Waals surface area (Å²) in [6.45, 7) is 2.15. The molecule has 7 rings (SSSR count). The van der Waals surface area contributed by atoms with E-state index in [1.807, 2.05) is 29.2 Å². The van der Waals surface area contributed by atoms with Gasteiger partial charge in [0.15, 0.2) is 0 Å². The van der Waals surface area contributed by atoms with Crippen molar-refractivity contribution in [1.82, 2.24) is 9.80 Å². The zero-order valence-corrected chi connectivity index (χ0v) is 19.2. The van der Waals surface area contributed by atoms with Crippen LogP contribution in [0.25, 0.3) is 10.8 Å². The minimum atomic E-state index is -1.21. The average molecular weight is 454 g/mol. The average Bonchev–Trinajstić information content (AvgIpc) is 3.46. The lowest BCUT2D eigenvalue weighted by molar-refractivity contribution is -0.133. The predicted molar refractivity (Wildman–Crippen MR) is 130 cm³/mol. The van der Waals surface area contributed by atoms with Crippen LogP contribution >= 0.6 is 0 Å². The number of amides is 2. The number of likely N-dealkylation sites (N-methyl/N-ethyl adjacent to an activating group) is 1. The Morgan fingerprint density at radius 2 is 1.71 bits per heavy atom. The summed E-state index contributed by atoms with van der Waals surface area (Å²) in [5.74, 6) is -0.0945. The highest BCUT2D eigenvalue weighted by Crippen LogP contribution is 2.48. The fraction of sp³-hybridized carbons (Fsp3) is 0.357. The van der Waals surface area contributed by atoms with Gasteiger partial charge < -0.3 is 14.5 Å². The van der Waals surface area contributed by atoms with Gasteiger partial charge in [-0.05, 0) is 47.2 Å². The first-order chi connectivity index (χ1) is 16.6. The SMILES string of the molecule is CN1CC2(OC1=O)C(=O)N(C1CCN(C3Cc4cccc5cccc3c45)CC1)c1ccccc12. The van der Waals surface area contributed by atoms with Gasteiger partial charge in [0.1, 0.15) is 0 Å². The number of fused-ring (bicyclic) bond motifs is 2. The summed E-state index contributed by atoms with van der Waals surface area (Å²) in [6.07, 6.45) is 2.43. The van der Waals surface area contributed by atoms with Crippen molar-refractivity contribution in [2.45, 2.75) is 36.9 Å². The largest absolute Gasteiger partial charge is 0.426 e. The van der Waals surface area contributed by atoms with Crippen molar-refractivity contribution in [1.29, 1.82) is 0 Å². The van der Waals surface area contributed by atoms with Crippen molar-refractivity contribution < 1.29 is 14.3 Å². The van der Waals surface area contributed by atoms with E-state index in [2.05, 4.69) is 41.3 Å². The van der Waals surface area contributed by atoms with Gasteiger partial charge >= 0.3 is 6.09 Å². The van der Waals surface area contributed by atoms with Crippen LogP contribution in [0, 0.1) is 0 Å². The second-order valence-electron chi connectivity index (χ2n) is 10.1. The Balaban J connectivity index is 1.15. The first-order valence-electron chi connectivity index (χ1n) is 12.2. The van der Waals surface area contributed by atoms with E-state index in [0.29, 0.717) is 6.04 Å². The zero-order chi connectivity index (χ0) is 23.0. The van der Waals surface area contributed by atoms with Gasteiger partial charge in [0.2, 0.25) is 5.60 Å². The maximum absolute atomic E-state index is 13.8. The maximum Gasteiger partial charge on any atom is 0.411 e. The Labute approximate surface area is 198 Å². The molecule has 0 bridgehead atoms. The highest BCUT2D eigenvalue weighted by molar-refractivity contribution is 6.09. The van der Waals surface area contributed by atoms with Gasteiger partial charge in [-0.15, -0.1) is 0 Å². The molecule has 3 heterocycles. The van der Waals surface area contributed by atoms with Crippen LogP contribution in [0.4, 0.5) is 10.5 Å². The molecule has 2 atom stereocenters. The topological polar surface area (TPSA) is 53.1 Å². The molecule has 3 aliphatic heterocycles. The van der Waals surface area contributed by atoms with E-state index in [1.54, 1.807) is 7.05 Å². The third kappa shape index (κ3) is 2.60. The molecule has 1 spiro atoms. The number of rotatable bonds is 2. The molecular formula is C28H27N3O3. The molecule has 1 aliphatic carbocycles. The number of carbonyl (C=O) groups is 2. The number of anilines is 1. The highest BCUT2D eigenvalue weighted by Gasteiger charge is 2.60. The molecule has 3 aromatic rings. The fourth-order valence-corrected chi connectivity index (χ4v) is 6.71. The van der Waals surface area contributed by atoms with Crippen LogP contribution in [0.15, 0.2) is 60.7 Å². The van der Waals surface area contributed by atoms with Crippen LogP contribution < -0.4 is 4.90 Å². The van der Waals surface area contributed by atoms with Crippen LogP contribution in [0.5, 0.6) is 0 Å². The summed E-state index contributed by atoms with van der Waals surface area (Å²) >= 11 is 0. The van der Waals surface area contributed by atoms with E-state index in [4.69, 9.17) is 4.74 Å². The summed E-state index contributed by atoms with van der Waals surface area (Å²) in [7, 11) is 1.69. The quantitative estimate of drug-likeness (QED) is 0.583. The molecule has 0 radical (unpaired) electrons. The molecule has 0 N–H and O–H groups in total. The molecule has 0 saturated carbocycles. The molecule has 172 valence electrons. The van der Waals surface area contributed by atoms with Crippen LogP contribution in [0.3, 0.4) is 0 Å². The number of hydrogen-bond donors (Lipinski definition) is 0. The zero-order valence-electron chi connectivity index (χ0n) is 19.2. The number of nitrogens with zero attached hydrogens (tertiary/aromatic N) is 3. The summed E-state index contributed by atoms with van der Waals surface area (Å²) in [5.41, 5.74) is 3.39. The molecule has 2 amide bonds. The van der Waals surface area contributed by atoms with Gasteiger partial charge in [-0.25, -0.2) is 4.79 Å². The van der Waals surface area contributed by atoms with Crippen molar-refractivity contribution in [2.24, 2.45) is 0 Å². The molecule has 6 nitrogen and oxygen atoms in total. The van der Waals surface area contributed by atoms with Gasteiger partial charge in [-0.1, -0.05) is 54.6 Å². The molecule has 4 aliphatic rings. The van der Waals surface area contributed by atoms with Crippen molar-refractivity contribution in [3.63, 3.8) is 0 Å².